The van der Waals surface area contributed by atoms with Crippen LogP contribution in [0.3, 0.4) is 0 Å². The Kier molecular flexibility index (Phi) is 3.40. The summed E-state index contributed by atoms with van der Waals surface area (Å²) in [4.78, 5) is 0.506. The summed E-state index contributed by atoms with van der Waals surface area (Å²) in [6, 6.07) is 5.33. The molecule has 0 aliphatic heterocycles. The molecular weight excluding hydrogens is 246 g/mol. The summed E-state index contributed by atoms with van der Waals surface area (Å²) in [7, 11) is 1.50. The molecule has 0 fully saturated rings. The molecule has 90 valence electrons. The molecule has 1 N–H and O–H groups in total. The molecule has 0 radical (unpaired) electrons. The summed E-state index contributed by atoms with van der Waals surface area (Å²) in [5.74, 6) is -1.40. The number of thiophene rings is 1. The van der Waals surface area contributed by atoms with Gasteiger partial charge in [-0.15, -0.1) is 11.3 Å². The second-order valence-corrected chi connectivity index (χ2v) is 4.38. The van der Waals surface area contributed by atoms with Crippen LogP contribution in [0, 0.1) is 11.6 Å². The van der Waals surface area contributed by atoms with Crippen LogP contribution in [0.4, 0.5) is 8.78 Å². The summed E-state index contributed by atoms with van der Waals surface area (Å²) in [5.41, 5.74) is -0.0745. The number of rotatable bonds is 3. The molecule has 2 aromatic rings. The molecule has 1 atom stereocenters. The van der Waals surface area contributed by atoms with Crippen molar-refractivity contribution >= 4 is 11.3 Å². The normalized spacial score (nSPS) is 12.5. The molecule has 0 spiro atoms. The number of halogens is 2. The van der Waals surface area contributed by atoms with E-state index >= 15 is 0 Å². The zero-order chi connectivity index (χ0) is 12.4. The Hall–Kier alpha value is -1.46. The van der Waals surface area contributed by atoms with Crippen LogP contribution < -0.4 is 4.74 Å². The van der Waals surface area contributed by atoms with Crippen LogP contribution in [0.2, 0.25) is 0 Å². The van der Waals surface area contributed by atoms with Crippen molar-refractivity contribution in [1.82, 2.24) is 0 Å². The van der Waals surface area contributed by atoms with Crippen LogP contribution in [0.15, 0.2) is 29.6 Å². The molecule has 2 nitrogen and oxygen atoms in total. The molecule has 0 saturated heterocycles. The lowest BCUT2D eigenvalue weighted by Gasteiger charge is -2.10. The lowest BCUT2D eigenvalue weighted by atomic mass is 10.1. The van der Waals surface area contributed by atoms with Gasteiger partial charge in [-0.3, -0.25) is 0 Å². The van der Waals surface area contributed by atoms with Crippen LogP contribution in [-0.4, -0.2) is 12.2 Å². The quantitative estimate of drug-likeness (QED) is 0.914. The minimum Gasteiger partial charge on any atom is -0.496 e. The molecule has 0 saturated carbocycles. The van der Waals surface area contributed by atoms with E-state index in [9.17, 15) is 13.9 Å². The maximum Gasteiger partial charge on any atom is 0.164 e. The molecule has 1 unspecified atom stereocenters. The maximum absolute atomic E-state index is 13.5. The monoisotopic (exact) mass is 256 g/mol. The van der Waals surface area contributed by atoms with E-state index in [1.807, 2.05) is 0 Å². The number of aliphatic hydroxyl groups excluding tert-OH is 1. The van der Waals surface area contributed by atoms with Crippen LogP contribution in [0.5, 0.6) is 5.75 Å². The Bertz CT molecular complexity index is 525. The zero-order valence-corrected chi connectivity index (χ0v) is 9.80. The highest BCUT2D eigenvalue weighted by atomic mass is 32.1. The number of hydrogen-bond donors (Lipinski definition) is 1. The minimum absolute atomic E-state index is 0.0745. The van der Waals surface area contributed by atoms with E-state index < -0.39 is 17.7 Å². The van der Waals surface area contributed by atoms with Crippen molar-refractivity contribution in [2.24, 2.45) is 0 Å². The highest BCUT2D eigenvalue weighted by molar-refractivity contribution is 7.10. The van der Waals surface area contributed by atoms with Gasteiger partial charge in [-0.25, -0.2) is 8.78 Å². The molecule has 1 heterocycles. The Morgan fingerprint density at radius 3 is 2.76 bits per heavy atom. The van der Waals surface area contributed by atoms with E-state index in [-0.39, 0.29) is 5.56 Å². The van der Waals surface area contributed by atoms with E-state index in [2.05, 4.69) is 0 Å². The summed E-state index contributed by atoms with van der Waals surface area (Å²) in [6.45, 7) is 0. The van der Waals surface area contributed by atoms with Gasteiger partial charge in [0.2, 0.25) is 0 Å². The standard InChI is InChI=1S/C12H10F2O2S/c1-16-7-5-10(17-6-7)12(15)8-3-2-4-9(13)11(8)14/h2-6,12,15H,1H3. The van der Waals surface area contributed by atoms with Gasteiger partial charge >= 0.3 is 0 Å². The topological polar surface area (TPSA) is 29.5 Å². The largest absolute Gasteiger partial charge is 0.496 e. The third-order valence-electron chi connectivity index (χ3n) is 2.38. The van der Waals surface area contributed by atoms with Crippen molar-refractivity contribution in [2.75, 3.05) is 7.11 Å². The molecule has 0 bridgehead atoms. The molecule has 0 aliphatic carbocycles. The van der Waals surface area contributed by atoms with Crippen LogP contribution in [-0.2, 0) is 0 Å². The SMILES string of the molecule is COc1csc(C(O)c2cccc(F)c2F)c1. The first-order chi connectivity index (χ1) is 8.13. The third kappa shape index (κ3) is 2.30. The average Bonchev–Trinajstić information content (AvgIpc) is 2.80. The first kappa shape index (κ1) is 12.0. The second-order valence-electron chi connectivity index (χ2n) is 3.43. The number of aliphatic hydroxyl groups is 1. The lowest BCUT2D eigenvalue weighted by molar-refractivity contribution is 0.217. The summed E-state index contributed by atoms with van der Waals surface area (Å²) < 4.78 is 31.5. The molecule has 0 amide bonds. The highest BCUT2D eigenvalue weighted by Gasteiger charge is 2.19. The second kappa shape index (κ2) is 4.81. The summed E-state index contributed by atoms with van der Waals surface area (Å²) in [6.07, 6.45) is -1.18. The first-order valence-corrected chi connectivity index (χ1v) is 5.76. The van der Waals surface area contributed by atoms with Gasteiger partial charge in [-0.2, -0.15) is 0 Å². The van der Waals surface area contributed by atoms with Crippen molar-refractivity contribution in [3.8, 4) is 5.75 Å². The van der Waals surface area contributed by atoms with Gasteiger partial charge in [-0.05, 0) is 12.1 Å². The summed E-state index contributed by atoms with van der Waals surface area (Å²) in [5, 5.41) is 11.6. The van der Waals surface area contributed by atoms with Crippen LogP contribution in [0.25, 0.3) is 0 Å². The van der Waals surface area contributed by atoms with Crippen LogP contribution in [0.1, 0.15) is 16.5 Å². The minimum atomic E-state index is -1.18. The molecule has 5 heteroatoms. The van der Waals surface area contributed by atoms with Crippen molar-refractivity contribution in [2.45, 2.75) is 6.10 Å². The van der Waals surface area contributed by atoms with Crippen molar-refractivity contribution in [1.29, 1.82) is 0 Å². The first-order valence-electron chi connectivity index (χ1n) is 4.88. The van der Waals surface area contributed by atoms with Gasteiger partial charge in [0.05, 0.1) is 7.11 Å². The van der Waals surface area contributed by atoms with Crippen LogP contribution >= 0.6 is 11.3 Å². The predicted octanol–water partition coefficient (Wildman–Crippen LogP) is 3.12. The molecule has 1 aromatic carbocycles. The van der Waals surface area contributed by atoms with Gasteiger partial charge in [0.15, 0.2) is 11.6 Å². The fourth-order valence-electron chi connectivity index (χ4n) is 1.47. The molecule has 0 aliphatic rings. The van der Waals surface area contributed by atoms with Crippen molar-refractivity contribution in [3.05, 3.63) is 51.7 Å². The van der Waals surface area contributed by atoms with Crippen molar-refractivity contribution < 1.29 is 18.6 Å². The highest BCUT2D eigenvalue weighted by Crippen LogP contribution is 2.32. The molecule has 1 aromatic heterocycles. The van der Waals surface area contributed by atoms with E-state index in [1.165, 1.54) is 30.6 Å². The van der Waals surface area contributed by atoms with Gasteiger partial charge in [-0.1, -0.05) is 12.1 Å². The predicted molar refractivity (Wildman–Crippen MR) is 61.3 cm³/mol. The van der Waals surface area contributed by atoms with E-state index in [4.69, 9.17) is 4.74 Å². The van der Waals surface area contributed by atoms with E-state index in [0.717, 1.165) is 6.07 Å². The fraction of sp³-hybridized carbons (Fsp3) is 0.167. The molecule has 2 rings (SSSR count). The Labute approximate surface area is 101 Å². The van der Waals surface area contributed by atoms with Gasteiger partial charge < -0.3 is 9.84 Å². The van der Waals surface area contributed by atoms with Gasteiger partial charge in [0.1, 0.15) is 11.9 Å². The molecule has 17 heavy (non-hydrogen) atoms. The van der Waals surface area contributed by atoms with Gasteiger partial charge in [0.25, 0.3) is 0 Å². The number of methoxy groups -OCH3 is 1. The number of ether oxygens (including phenoxy) is 1. The zero-order valence-electron chi connectivity index (χ0n) is 8.98. The van der Waals surface area contributed by atoms with E-state index in [1.54, 1.807) is 11.4 Å². The Morgan fingerprint density at radius 1 is 1.35 bits per heavy atom. The van der Waals surface area contributed by atoms with Gasteiger partial charge in [0, 0.05) is 15.8 Å². The Balaban J connectivity index is 2.36. The smallest absolute Gasteiger partial charge is 0.164 e. The maximum atomic E-state index is 13.5. The fourth-order valence-corrected chi connectivity index (χ4v) is 2.33. The summed E-state index contributed by atoms with van der Waals surface area (Å²) >= 11 is 1.23. The number of hydrogen-bond acceptors (Lipinski definition) is 3. The Morgan fingerprint density at radius 2 is 2.12 bits per heavy atom. The number of benzene rings is 1. The third-order valence-corrected chi connectivity index (χ3v) is 3.34. The molecular formula is C12H10F2O2S. The van der Waals surface area contributed by atoms with E-state index in [0.29, 0.717) is 10.6 Å². The van der Waals surface area contributed by atoms with Crippen molar-refractivity contribution in [3.63, 3.8) is 0 Å². The average molecular weight is 256 g/mol. The lowest BCUT2D eigenvalue weighted by Crippen LogP contribution is -2.02.